The van der Waals surface area contributed by atoms with Crippen molar-refractivity contribution < 1.29 is 5.11 Å². The molecule has 1 N–H and O–H groups in total. The van der Waals surface area contributed by atoms with Crippen molar-refractivity contribution in [2.75, 3.05) is 6.54 Å². The van der Waals surface area contributed by atoms with E-state index in [-0.39, 0.29) is 6.54 Å². The predicted molar refractivity (Wildman–Crippen MR) is 68.5 cm³/mol. The standard InChI is InChI=1S/C14H17NO2/c16-13(10-15-17)9-8-12-6-3-5-11-4-1-2-7-14(11)12/h1-6,13-14,16H,7-10H2. The summed E-state index contributed by atoms with van der Waals surface area (Å²) in [5.41, 5.74) is 2.68. The lowest BCUT2D eigenvalue weighted by molar-refractivity contribution is 0.172. The zero-order valence-corrected chi connectivity index (χ0v) is 9.75. The van der Waals surface area contributed by atoms with Gasteiger partial charge in [-0.1, -0.05) is 47.2 Å². The van der Waals surface area contributed by atoms with Gasteiger partial charge in [-0.25, -0.2) is 0 Å². The van der Waals surface area contributed by atoms with Crippen LogP contribution in [-0.4, -0.2) is 17.8 Å². The van der Waals surface area contributed by atoms with E-state index in [1.807, 2.05) is 0 Å². The molecule has 90 valence electrons. The Labute approximate surface area is 101 Å². The normalized spacial score (nSPS) is 23.7. The Hall–Kier alpha value is -1.48. The highest BCUT2D eigenvalue weighted by molar-refractivity contribution is 5.42. The maximum absolute atomic E-state index is 10.0. The monoisotopic (exact) mass is 231 g/mol. The van der Waals surface area contributed by atoms with Gasteiger partial charge in [0.2, 0.25) is 0 Å². The quantitative estimate of drug-likeness (QED) is 0.739. The number of aliphatic hydroxyl groups excluding tert-OH is 1. The van der Waals surface area contributed by atoms with Crippen molar-refractivity contribution in [2.45, 2.75) is 25.4 Å². The average molecular weight is 231 g/mol. The van der Waals surface area contributed by atoms with Crippen molar-refractivity contribution in [1.82, 2.24) is 0 Å². The highest BCUT2D eigenvalue weighted by Crippen LogP contribution is 2.34. The van der Waals surface area contributed by atoms with Crippen molar-refractivity contribution in [1.29, 1.82) is 0 Å². The van der Waals surface area contributed by atoms with Crippen LogP contribution < -0.4 is 0 Å². The molecule has 0 radical (unpaired) electrons. The molecule has 0 amide bonds. The van der Waals surface area contributed by atoms with Gasteiger partial charge in [0.15, 0.2) is 0 Å². The summed E-state index contributed by atoms with van der Waals surface area (Å²) in [6, 6.07) is 0. The summed E-state index contributed by atoms with van der Waals surface area (Å²) in [6.45, 7) is -0.00359. The second kappa shape index (κ2) is 5.73. The van der Waals surface area contributed by atoms with Crippen LogP contribution in [0, 0.1) is 10.8 Å². The Morgan fingerprint density at radius 2 is 2.29 bits per heavy atom. The summed E-state index contributed by atoms with van der Waals surface area (Å²) < 4.78 is 0. The van der Waals surface area contributed by atoms with E-state index < -0.39 is 6.10 Å². The molecule has 2 aliphatic rings. The summed E-state index contributed by atoms with van der Waals surface area (Å²) >= 11 is 0. The van der Waals surface area contributed by atoms with Crippen LogP contribution in [0.1, 0.15) is 19.3 Å². The zero-order valence-electron chi connectivity index (χ0n) is 9.75. The third-order valence-electron chi connectivity index (χ3n) is 3.30. The number of rotatable bonds is 5. The number of nitroso groups, excluding NO2 is 1. The summed E-state index contributed by atoms with van der Waals surface area (Å²) in [7, 11) is 0. The van der Waals surface area contributed by atoms with Crippen LogP contribution in [0.2, 0.25) is 0 Å². The van der Waals surface area contributed by atoms with E-state index in [0.717, 1.165) is 12.8 Å². The molecule has 0 aromatic carbocycles. The molecule has 2 atom stereocenters. The number of allylic oxidation sites excluding steroid dienone is 8. The van der Waals surface area contributed by atoms with Crippen molar-refractivity contribution in [3.63, 3.8) is 0 Å². The molecular weight excluding hydrogens is 214 g/mol. The van der Waals surface area contributed by atoms with E-state index in [4.69, 9.17) is 0 Å². The molecule has 3 nitrogen and oxygen atoms in total. The van der Waals surface area contributed by atoms with Gasteiger partial charge >= 0.3 is 0 Å². The summed E-state index contributed by atoms with van der Waals surface area (Å²) in [6.07, 6.45) is 14.6. The molecule has 0 spiro atoms. The molecule has 17 heavy (non-hydrogen) atoms. The molecule has 3 heteroatoms. The van der Waals surface area contributed by atoms with E-state index >= 15 is 0 Å². The van der Waals surface area contributed by atoms with Gasteiger partial charge in [0.05, 0.1) is 6.10 Å². The molecule has 0 aliphatic heterocycles. The number of hydrogen-bond donors (Lipinski definition) is 1. The molecule has 2 rings (SSSR count). The van der Waals surface area contributed by atoms with Crippen molar-refractivity contribution in [3.8, 4) is 0 Å². The van der Waals surface area contributed by atoms with E-state index in [2.05, 4.69) is 41.6 Å². The van der Waals surface area contributed by atoms with E-state index in [0.29, 0.717) is 12.3 Å². The minimum atomic E-state index is -0.606. The topological polar surface area (TPSA) is 49.7 Å². The lowest BCUT2D eigenvalue weighted by atomic mass is 9.80. The van der Waals surface area contributed by atoms with E-state index in [9.17, 15) is 10.0 Å². The molecule has 0 saturated heterocycles. The summed E-state index contributed by atoms with van der Waals surface area (Å²) in [5.74, 6) is 0.460. The highest BCUT2D eigenvalue weighted by atomic mass is 16.3. The van der Waals surface area contributed by atoms with E-state index in [1.165, 1.54) is 11.1 Å². The van der Waals surface area contributed by atoms with Gasteiger partial charge in [0.1, 0.15) is 6.54 Å². The lowest BCUT2D eigenvalue weighted by Crippen LogP contribution is -2.15. The maximum atomic E-state index is 10.0. The van der Waals surface area contributed by atoms with Crippen molar-refractivity contribution in [2.24, 2.45) is 11.1 Å². The van der Waals surface area contributed by atoms with Crippen LogP contribution in [0.4, 0.5) is 0 Å². The number of hydrogen-bond acceptors (Lipinski definition) is 3. The fourth-order valence-corrected chi connectivity index (χ4v) is 2.35. The van der Waals surface area contributed by atoms with Gasteiger partial charge in [-0.3, -0.25) is 0 Å². The molecule has 0 aromatic heterocycles. The van der Waals surface area contributed by atoms with Crippen LogP contribution in [-0.2, 0) is 0 Å². The minimum Gasteiger partial charge on any atom is -0.391 e. The Morgan fingerprint density at radius 3 is 3.12 bits per heavy atom. The van der Waals surface area contributed by atoms with Crippen LogP contribution in [0.25, 0.3) is 0 Å². The SMILES string of the molecule is O=NCC(O)CCC1=CC=CC2=CC=CCC21. The van der Waals surface area contributed by atoms with Gasteiger partial charge in [0.25, 0.3) is 0 Å². The molecule has 0 bridgehead atoms. The van der Waals surface area contributed by atoms with Gasteiger partial charge in [-0.2, -0.15) is 4.91 Å². The summed E-state index contributed by atoms with van der Waals surface area (Å²) in [5, 5.41) is 12.2. The Morgan fingerprint density at radius 1 is 1.41 bits per heavy atom. The number of aliphatic hydroxyl groups is 1. The van der Waals surface area contributed by atoms with E-state index in [1.54, 1.807) is 0 Å². The van der Waals surface area contributed by atoms with Crippen LogP contribution in [0.5, 0.6) is 0 Å². The predicted octanol–water partition coefficient (Wildman–Crippen LogP) is 2.89. The van der Waals surface area contributed by atoms with Gasteiger partial charge in [0, 0.05) is 5.92 Å². The molecule has 0 heterocycles. The first kappa shape index (κ1) is 12.0. The molecule has 0 aromatic rings. The molecule has 2 aliphatic carbocycles. The summed E-state index contributed by atoms with van der Waals surface area (Å²) in [4.78, 5) is 10.0. The minimum absolute atomic E-state index is 0.00359. The fourth-order valence-electron chi connectivity index (χ4n) is 2.35. The van der Waals surface area contributed by atoms with Crippen molar-refractivity contribution >= 4 is 0 Å². The zero-order chi connectivity index (χ0) is 12.1. The second-order valence-corrected chi connectivity index (χ2v) is 4.49. The Bertz CT molecular complexity index is 404. The molecule has 0 saturated carbocycles. The van der Waals surface area contributed by atoms with Crippen LogP contribution in [0.15, 0.2) is 52.8 Å². The molecule has 2 unspecified atom stereocenters. The van der Waals surface area contributed by atoms with Gasteiger partial charge in [-0.15, -0.1) is 0 Å². The second-order valence-electron chi connectivity index (χ2n) is 4.49. The highest BCUT2D eigenvalue weighted by Gasteiger charge is 2.20. The third-order valence-corrected chi connectivity index (χ3v) is 3.30. The van der Waals surface area contributed by atoms with Crippen LogP contribution >= 0.6 is 0 Å². The van der Waals surface area contributed by atoms with Gasteiger partial charge in [-0.05, 0) is 24.8 Å². The number of nitrogens with zero attached hydrogens (tertiary/aromatic N) is 1. The van der Waals surface area contributed by atoms with Crippen molar-refractivity contribution in [3.05, 3.63) is 52.5 Å². The lowest BCUT2D eigenvalue weighted by Gasteiger charge is -2.25. The average Bonchev–Trinajstić information content (AvgIpc) is 2.36. The molecule has 0 fully saturated rings. The first-order valence-electron chi connectivity index (χ1n) is 6.02. The Kier molecular flexibility index (Phi) is 4.04. The smallest absolute Gasteiger partial charge is 0.107 e. The van der Waals surface area contributed by atoms with Gasteiger partial charge < -0.3 is 5.11 Å². The first-order chi connectivity index (χ1) is 8.31. The van der Waals surface area contributed by atoms with Crippen LogP contribution in [0.3, 0.4) is 0 Å². The maximum Gasteiger partial charge on any atom is 0.107 e. The fraction of sp³-hybridized carbons (Fsp3) is 0.429. The number of fused-ring (bicyclic) bond motifs is 1. The first-order valence-corrected chi connectivity index (χ1v) is 6.02. The Balaban J connectivity index is 1.95. The largest absolute Gasteiger partial charge is 0.391 e. The molecular formula is C14H17NO2. The third kappa shape index (κ3) is 3.01.